The molecule has 1 heterocycles. The van der Waals surface area contributed by atoms with Crippen LogP contribution in [0.2, 0.25) is 0 Å². The number of hydrogen-bond acceptors (Lipinski definition) is 2. The van der Waals surface area contributed by atoms with Gasteiger partial charge in [-0.15, -0.1) is 0 Å². The summed E-state index contributed by atoms with van der Waals surface area (Å²) in [5, 5.41) is 6.36. The summed E-state index contributed by atoms with van der Waals surface area (Å²) >= 11 is 0. The highest BCUT2D eigenvalue weighted by molar-refractivity contribution is 5.98. The topological polar surface area (TPSA) is 41.1 Å². The number of hydrogen-bond donors (Lipinski definition) is 2. The molecule has 0 bridgehead atoms. The summed E-state index contributed by atoms with van der Waals surface area (Å²) in [6, 6.07) is 18.0. The van der Waals surface area contributed by atoms with Gasteiger partial charge in [0, 0.05) is 11.3 Å². The van der Waals surface area contributed by atoms with Crippen LogP contribution >= 0.6 is 0 Å². The average molecular weight is 280 g/mol. The lowest BCUT2D eigenvalue weighted by atomic mass is 10.0. The smallest absolute Gasteiger partial charge is 0.241 e. The van der Waals surface area contributed by atoms with Crippen LogP contribution in [0.25, 0.3) is 11.1 Å². The number of nitrogens with one attached hydrogen (secondary N) is 2. The van der Waals surface area contributed by atoms with E-state index >= 15 is 0 Å². The summed E-state index contributed by atoms with van der Waals surface area (Å²) in [6.07, 6.45) is 3.19. The van der Waals surface area contributed by atoms with E-state index in [9.17, 15) is 4.79 Å². The maximum absolute atomic E-state index is 12.4. The molecule has 21 heavy (non-hydrogen) atoms. The second kappa shape index (κ2) is 6.55. The first-order chi connectivity index (χ1) is 10.3. The van der Waals surface area contributed by atoms with Crippen molar-refractivity contribution >= 4 is 11.6 Å². The Kier molecular flexibility index (Phi) is 4.31. The van der Waals surface area contributed by atoms with Crippen molar-refractivity contribution in [3.05, 3.63) is 54.6 Å². The molecule has 3 heteroatoms. The molecule has 0 spiro atoms. The summed E-state index contributed by atoms with van der Waals surface area (Å²) < 4.78 is 0. The Morgan fingerprint density at radius 1 is 1.00 bits per heavy atom. The lowest BCUT2D eigenvalue weighted by Gasteiger charge is -2.23. The Morgan fingerprint density at radius 2 is 1.76 bits per heavy atom. The summed E-state index contributed by atoms with van der Waals surface area (Å²) in [6.45, 7) is 0.929. The van der Waals surface area contributed by atoms with E-state index in [0.717, 1.165) is 42.6 Å². The molecular weight excluding hydrogens is 260 g/mol. The molecule has 0 saturated carbocycles. The van der Waals surface area contributed by atoms with Gasteiger partial charge in [0.15, 0.2) is 0 Å². The second-order valence-electron chi connectivity index (χ2n) is 5.40. The Morgan fingerprint density at radius 3 is 2.52 bits per heavy atom. The van der Waals surface area contributed by atoms with Crippen LogP contribution in [0, 0.1) is 0 Å². The maximum atomic E-state index is 12.4. The molecule has 0 aromatic heterocycles. The number of piperidine rings is 1. The van der Waals surface area contributed by atoms with Crippen LogP contribution in [-0.4, -0.2) is 18.5 Å². The Labute approximate surface area is 125 Å². The Hall–Kier alpha value is -2.13. The molecule has 1 saturated heterocycles. The van der Waals surface area contributed by atoms with Crippen LogP contribution in [-0.2, 0) is 4.79 Å². The molecule has 1 aliphatic heterocycles. The molecule has 1 fully saturated rings. The van der Waals surface area contributed by atoms with E-state index in [0.29, 0.717) is 0 Å². The zero-order valence-corrected chi connectivity index (χ0v) is 12.0. The molecule has 0 aliphatic carbocycles. The predicted molar refractivity (Wildman–Crippen MR) is 86.1 cm³/mol. The van der Waals surface area contributed by atoms with E-state index in [1.807, 2.05) is 42.5 Å². The monoisotopic (exact) mass is 280 g/mol. The minimum absolute atomic E-state index is 0.0671. The lowest BCUT2D eigenvalue weighted by molar-refractivity contribution is -0.118. The van der Waals surface area contributed by atoms with Crippen LogP contribution < -0.4 is 10.6 Å². The number of anilines is 1. The molecule has 2 aromatic rings. The molecule has 0 unspecified atom stereocenters. The van der Waals surface area contributed by atoms with Gasteiger partial charge in [0.1, 0.15) is 0 Å². The third kappa shape index (κ3) is 3.31. The molecule has 108 valence electrons. The number of carbonyl (C=O) groups excluding carboxylic acids is 1. The third-order valence-electron chi connectivity index (χ3n) is 3.90. The molecular formula is C18H20N2O. The standard InChI is InChI=1S/C18H20N2O/c21-18(17-12-6-7-13-19-17)20-16-11-5-4-10-15(16)14-8-2-1-3-9-14/h1-5,8-11,17,19H,6-7,12-13H2,(H,20,21)/t17-/m0/s1. The van der Waals surface area contributed by atoms with E-state index in [2.05, 4.69) is 22.8 Å². The number of para-hydroxylation sites is 1. The van der Waals surface area contributed by atoms with Crippen LogP contribution in [0.5, 0.6) is 0 Å². The van der Waals surface area contributed by atoms with Crippen molar-refractivity contribution in [2.24, 2.45) is 0 Å². The van der Waals surface area contributed by atoms with Gasteiger partial charge >= 0.3 is 0 Å². The van der Waals surface area contributed by atoms with Crippen molar-refractivity contribution in [1.82, 2.24) is 5.32 Å². The normalized spacial score (nSPS) is 18.2. The summed E-state index contributed by atoms with van der Waals surface area (Å²) in [5.74, 6) is 0.0677. The highest BCUT2D eigenvalue weighted by Gasteiger charge is 2.21. The highest BCUT2D eigenvalue weighted by atomic mass is 16.2. The zero-order chi connectivity index (χ0) is 14.5. The van der Waals surface area contributed by atoms with E-state index in [-0.39, 0.29) is 11.9 Å². The lowest BCUT2D eigenvalue weighted by Crippen LogP contribution is -2.43. The first-order valence-electron chi connectivity index (χ1n) is 7.53. The fourth-order valence-electron chi connectivity index (χ4n) is 2.76. The Bertz CT molecular complexity index is 604. The Balaban J connectivity index is 1.81. The fourth-order valence-corrected chi connectivity index (χ4v) is 2.76. The molecule has 2 aromatic carbocycles. The molecule has 2 N–H and O–H groups in total. The van der Waals surface area contributed by atoms with E-state index in [1.54, 1.807) is 0 Å². The number of benzene rings is 2. The second-order valence-corrected chi connectivity index (χ2v) is 5.40. The van der Waals surface area contributed by atoms with Gasteiger partial charge in [0.2, 0.25) is 5.91 Å². The first kappa shape index (κ1) is 13.8. The molecule has 1 amide bonds. The van der Waals surface area contributed by atoms with E-state index < -0.39 is 0 Å². The predicted octanol–water partition coefficient (Wildman–Crippen LogP) is 3.43. The van der Waals surface area contributed by atoms with Crippen LogP contribution in [0.4, 0.5) is 5.69 Å². The summed E-state index contributed by atoms with van der Waals surface area (Å²) in [5.41, 5.74) is 3.05. The van der Waals surface area contributed by atoms with Gasteiger partial charge in [0.05, 0.1) is 6.04 Å². The molecule has 3 nitrogen and oxygen atoms in total. The largest absolute Gasteiger partial charge is 0.324 e. The number of rotatable bonds is 3. The van der Waals surface area contributed by atoms with Crippen molar-refractivity contribution in [3.63, 3.8) is 0 Å². The van der Waals surface area contributed by atoms with Crippen LogP contribution in [0.15, 0.2) is 54.6 Å². The third-order valence-corrected chi connectivity index (χ3v) is 3.90. The van der Waals surface area contributed by atoms with Gasteiger partial charge in [-0.25, -0.2) is 0 Å². The van der Waals surface area contributed by atoms with E-state index in [1.165, 1.54) is 0 Å². The quantitative estimate of drug-likeness (QED) is 0.904. The van der Waals surface area contributed by atoms with Gasteiger partial charge in [-0.05, 0) is 31.0 Å². The first-order valence-corrected chi connectivity index (χ1v) is 7.53. The highest BCUT2D eigenvalue weighted by Crippen LogP contribution is 2.27. The number of carbonyl (C=O) groups is 1. The van der Waals surface area contributed by atoms with Gasteiger partial charge < -0.3 is 10.6 Å². The van der Waals surface area contributed by atoms with Crippen LogP contribution in [0.1, 0.15) is 19.3 Å². The minimum atomic E-state index is -0.0671. The van der Waals surface area contributed by atoms with Gasteiger partial charge in [-0.1, -0.05) is 55.0 Å². The average Bonchev–Trinajstić information content (AvgIpc) is 2.57. The molecule has 0 radical (unpaired) electrons. The SMILES string of the molecule is O=C(Nc1ccccc1-c1ccccc1)[C@@H]1CCCCN1. The molecule has 1 atom stereocenters. The zero-order valence-electron chi connectivity index (χ0n) is 12.0. The van der Waals surface area contributed by atoms with Gasteiger partial charge in [-0.2, -0.15) is 0 Å². The minimum Gasteiger partial charge on any atom is -0.324 e. The molecule has 3 rings (SSSR count). The number of amides is 1. The fraction of sp³-hybridized carbons (Fsp3) is 0.278. The summed E-state index contributed by atoms with van der Waals surface area (Å²) in [4.78, 5) is 12.4. The van der Waals surface area contributed by atoms with E-state index in [4.69, 9.17) is 0 Å². The van der Waals surface area contributed by atoms with Gasteiger partial charge in [0.25, 0.3) is 0 Å². The maximum Gasteiger partial charge on any atom is 0.241 e. The van der Waals surface area contributed by atoms with Gasteiger partial charge in [-0.3, -0.25) is 4.79 Å². The van der Waals surface area contributed by atoms with Crippen molar-refractivity contribution in [2.45, 2.75) is 25.3 Å². The molecule has 1 aliphatic rings. The van der Waals surface area contributed by atoms with Crippen molar-refractivity contribution in [3.8, 4) is 11.1 Å². The van der Waals surface area contributed by atoms with Crippen molar-refractivity contribution in [1.29, 1.82) is 0 Å². The van der Waals surface area contributed by atoms with Crippen LogP contribution in [0.3, 0.4) is 0 Å². The van der Waals surface area contributed by atoms with Crippen molar-refractivity contribution < 1.29 is 4.79 Å². The summed E-state index contributed by atoms with van der Waals surface area (Å²) in [7, 11) is 0. The van der Waals surface area contributed by atoms with Crippen molar-refractivity contribution in [2.75, 3.05) is 11.9 Å².